The number of rotatable bonds is 7. The number of nitrogens with one attached hydrogen (secondary N) is 3. The Bertz CT molecular complexity index is 295. The molecule has 1 heterocycles. The van der Waals surface area contributed by atoms with Gasteiger partial charge in [0.2, 0.25) is 5.91 Å². The number of aromatic amines is 1. The van der Waals surface area contributed by atoms with Crippen molar-refractivity contribution in [1.29, 1.82) is 0 Å². The SMILES string of the molecule is CC(C)NCCC(=O)NCCc1ncc[nH]1. The Hall–Kier alpha value is -1.36. The maximum Gasteiger partial charge on any atom is 0.221 e. The van der Waals surface area contributed by atoms with Gasteiger partial charge in [0.05, 0.1) is 0 Å². The molecule has 0 spiro atoms. The molecule has 3 N–H and O–H groups in total. The van der Waals surface area contributed by atoms with Crippen LogP contribution in [0.2, 0.25) is 0 Å². The van der Waals surface area contributed by atoms with E-state index in [1.165, 1.54) is 0 Å². The van der Waals surface area contributed by atoms with Crippen LogP contribution in [0.15, 0.2) is 12.4 Å². The van der Waals surface area contributed by atoms with Crippen LogP contribution in [0.4, 0.5) is 0 Å². The average molecular weight is 224 g/mol. The third-order valence-electron chi connectivity index (χ3n) is 2.14. The Balaban J connectivity index is 2.02. The summed E-state index contributed by atoms with van der Waals surface area (Å²) in [5, 5.41) is 6.06. The van der Waals surface area contributed by atoms with Crippen molar-refractivity contribution in [3.05, 3.63) is 18.2 Å². The van der Waals surface area contributed by atoms with Gasteiger partial charge in [0, 0.05) is 44.4 Å². The smallest absolute Gasteiger partial charge is 0.221 e. The Morgan fingerprint density at radius 3 is 2.94 bits per heavy atom. The van der Waals surface area contributed by atoms with Gasteiger partial charge in [-0.3, -0.25) is 4.79 Å². The van der Waals surface area contributed by atoms with E-state index in [9.17, 15) is 4.79 Å². The molecule has 0 aliphatic heterocycles. The minimum atomic E-state index is 0.0831. The van der Waals surface area contributed by atoms with Gasteiger partial charge in [-0.15, -0.1) is 0 Å². The van der Waals surface area contributed by atoms with Crippen LogP contribution in [0, 0.1) is 0 Å². The molecule has 5 heteroatoms. The molecule has 0 atom stereocenters. The summed E-state index contributed by atoms with van der Waals surface area (Å²) in [7, 11) is 0. The van der Waals surface area contributed by atoms with Crippen molar-refractivity contribution in [2.45, 2.75) is 32.7 Å². The molecule has 16 heavy (non-hydrogen) atoms. The second-order valence-corrected chi connectivity index (χ2v) is 3.99. The van der Waals surface area contributed by atoms with E-state index >= 15 is 0 Å². The number of hydrogen-bond acceptors (Lipinski definition) is 3. The number of nitrogens with zero attached hydrogens (tertiary/aromatic N) is 1. The molecule has 0 radical (unpaired) electrons. The van der Waals surface area contributed by atoms with E-state index in [0.29, 0.717) is 19.0 Å². The quantitative estimate of drug-likeness (QED) is 0.630. The molecular weight excluding hydrogens is 204 g/mol. The van der Waals surface area contributed by atoms with Crippen molar-refractivity contribution in [3.8, 4) is 0 Å². The fraction of sp³-hybridized carbons (Fsp3) is 0.636. The first kappa shape index (κ1) is 12.7. The van der Waals surface area contributed by atoms with Gasteiger partial charge in [-0.1, -0.05) is 13.8 Å². The average Bonchev–Trinajstić information content (AvgIpc) is 2.70. The fourth-order valence-corrected chi connectivity index (χ4v) is 1.32. The summed E-state index contributed by atoms with van der Waals surface area (Å²) in [6.45, 7) is 5.49. The van der Waals surface area contributed by atoms with Crippen molar-refractivity contribution in [2.24, 2.45) is 0 Å². The first-order chi connectivity index (χ1) is 7.68. The zero-order valence-electron chi connectivity index (χ0n) is 9.92. The van der Waals surface area contributed by atoms with Gasteiger partial charge < -0.3 is 15.6 Å². The normalized spacial score (nSPS) is 10.7. The molecule has 0 saturated heterocycles. The van der Waals surface area contributed by atoms with Gasteiger partial charge in [-0.05, 0) is 0 Å². The molecule has 1 aromatic rings. The minimum absolute atomic E-state index is 0.0831. The van der Waals surface area contributed by atoms with E-state index in [4.69, 9.17) is 0 Å². The summed E-state index contributed by atoms with van der Waals surface area (Å²) < 4.78 is 0. The Kier molecular flexibility index (Phi) is 5.56. The predicted octanol–water partition coefficient (Wildman–Crippen LogP) is 0.457. The molecule has 1 amide bonds. The van der Waals surface area contributed by atoms with Gasteiger partial charge in [-0.25, -0.2) is 4.98 Å². The number of hydrogen-bond donors (Lipinski definition) is 3. The summed E-state index contributed by atoms with van der Waals surface area (Å²) in [6, 6.07) is 0.427. The van der Waals surface area contributed by atoms with Crippen LogP contribution in [0.25, 0.3) is 0 Å². The number of imidazole rings is 1. The lowest BCUT2D eigenvalue weighted by molar-refractivity contribution is -0.120. The lowest BCUT2D eigenvalue weighted by Crippen LogP contribution is -2.31. The summed E-state index contributed by atoms with van der Waals surface area (Å²) in [6.07, 6.45) is 4.76. The maximum atomic E-state index is 11.4. The van der Waals surface area contributed by atoms with Gasteiger partial charge in [0.1, 0.15) is 5.82 Å². The summed E-state index contributed by atoms with van der Waals surface area (Å²) in [5.41, 5.74) is 0. The van der Waals surface area contributed by atoms with Crippen LogP contribution in [0.1, 0.15) is 26.1 Å². The number of H-pyrrole nitrogens is 1. The molecule has 90 valence electrons. The zero-order chi connectivity index (χ0) is 11.8. The van der Waals surface area contributed by atoms with E-state index in [1.807, 2.05) is 0 Å². The van der Waals surface area contributed by atoms with Gasteiger partial charge in [0.25, 0.3) is 0 Å². The van der Waals surface area contributed by atoms with Crippen molar-refractivity contribution < 1.29 is 4.79 Å². The number of aromatic nitrogens is 2. The molecule has 0 aliphatic carbocycles. The highest BCUT2D eigenvalue weighted by atomic mass is 16.1. The fourth-order valence-electron chi connectivity index (χ4n) is 1.32. The second-order valence-electron chi connectivity index (χ2n) is 3.99. The topological polar surface area (TPSA) is 69.8 Å². The lowest BCUT2D eigenvalue weighted by atomic mass is 10.3. The van der Waals surface area contributed by atoms with Crippen LogP contribution >= 0.6 is 0 Å². The number of carbonyl (C=O) groups is 1. The first-order valence-electron chi connectivity index (χ1n) is 5.67. The van der Waals surface area contributed by atoms with Gasteiger partial charge in [0.15, 0.2) is 0 Å². The van der Waals surface area contributed by atoms with E-state index in [1.54, 1.807) is 12.4 Å². The van der Waals surface area contributed by atoms with Gasteiger partial charge >= 0.3 is 0 Å². The summed E-state index contributed by atoms with van der Waals surface area (Å²) in [5.74, 6) is 0.986. The second kappa shape index (κ2) is 7.00. The maximum absolute atomic E-state index is 11.4. The summed E-state index contributed by atoms with van der Waals surface area (Å²) in [4.78, 5) is 18.4. The van der Waals surface area contributed by atoms with E-state index in [-0.39, 0.29) is 5.91 Å². The highest BCUT2D eigenvalue weighted by Gasteiger charge is 2.01. The number of carbonyl (C=O) groups excluding carboxylic acids is 1. The predicted molar refractivity (Wildman–Crippen MR) is 63.1 cm³/mol. The van der Waals surface area contributed by atoms with E-state index in [0.717, 1.165) is 18.8 Å². The first-order valence-corrected chi connectivity index (χ1v) is 5.67. The van der Waals surface area contributed by atoms with E-state index < -0.39 is 0 Å². The van der Waals surface area contributed by atoms with Crippen LogP contribution in [0.3, 0.4) is 0 Å². The molecular formula is C11H20N4O. The van der Waals surface area contributed by atoms with Crippen molar-refractivity contribution in [3.63, 3.8) is 0 Å². The molecule has 0 bridgehead atoms. The standard InChI is InChI=1S/C11H20N4O/c1-9(2)12-6-4-11(16)15-5-3-10-13-7-8-14-10/h7-9,12H,3-6H2,1-2H3,(H,13,14)(H,15,16). The third kappa shape index (κ3) is 5.50. The number of amides is 1. The Labute approximate surface area is 96.0 Å². The molecule has 5 nitrogen and oxygen atoms in total. The van der Waals surface area contributed by atoms with Crippen LogP contribution in [-0.2, 0) is 11.2 Å². The molecule has 0 aliphatic rings. The van der Waals surface area contributed by atoms with Crippen LogP contribution in [-0.4, -0.2) is 35.0 Å². The van der Waals surface area contributed by atoms with Crippen LogP contribution in [0.5, 0.6) is 0 Å². The minimum Gasteiger partial charge on any atom is -0.356 e. The zero-order valence-corrected chi connectivity index (χ0v) is 9.92. The summed E-state index contributed by atoms with van der Waals surface area (Å²) >= 11 is 0. The van der Waals surface area contributed by atoms with Crippen LogP contribution < -0.4 is 10.6 Å². The molecule has 0 aromatic carbocycles. The third-order valence-corrected chi connectivity index (χ3v) is 2.14. The van der Waals surface area contributed by atoms with E-state index in [2.05, 4.69) is 34.4 Å². The van der Waals surface area contributed by atoms with Crippen molar-refractivity contribution >= 4 is 5.91 Å². The highest BCUT2D eigenvalue weighted by molar-refractivity contribution is 5.76. The lowest BCUT2D eigenvalue weighted by Gasteiger charge is -2.07. The van der Waals surface area contributed by atoms with Crippen molar-refractivity contribution in [2.75, 3.05) is 13.1 Å². The monoisotopic (exact) mass is 224 g/mol. The largest absolute Gasteiger partial charge is 0.356 e. The van der Waals surface area contributed by atoms with Gasteiger partial charge in [-0.2, -0.15) is 0 Å². The molecule has 0 unspecified atom stereocenters. The highest BCUT2D eigenvalue weighted by Crippen LogP contribution is 1.88. The Morgan fingerprint density at radius 2 is 2.31 bits per heavy atom. The Morgan fingerprint density at radius 1 is 1.50 bits per heavy atom. The molecule has 0 fully saturated rings. The molecule has 1 aromatic heterocycles. The molecule has 1 rings (SSSR count). The molecule has 0 saturated carbocycles. The van der Waals surface area contributed by atoms with Crippen molar-refractivity contribution in [1.82, 2.24) is 20.6 Å².